The number of aliphatic hydroxyl groups is 1. The fourth-order valence-electron chi connectivity index (χ4n) is 2.32. The molecule has 0 heterocycles. The zero-order chi connectivity index (χ0) is 20.2. The number of carbonyl (C=O) groups is 2. The molecule has 1 unspecified atom stereocenters. The molecule has 0 fully saturated rings. The van der Waals surface area contributed by atoms with Gasteiger partial charge in [0, 0.05) is 24.0 Å². The number of anilines is 2. The van der Waals surface area contributed by atoms with Crippen LogP contribution in [0, 0.1) is 0 Å². The highest BCUT2D eigenvalue weighted by molar-refractivity contribution is 6.01. The van der Waals surface area contributed by atoms with Gasteiger partial charge in [-0.1, -0.05) is 30.3 Å². The molecule has 0 aliphatic heterocycles. The average molecular weight is 382 g/mol. The maximum Gasteiger partial charge on any atom is 0.432 e. The van der Waals surface area contributed by atoms with Crippen molar-refractivity contribution in [3.63, 3.8) is 0 Å². The molecule has 0 aliphatic rings. The number of rotatable bonds is 4. The van der Waals surface area contributed by atoms with Crippen LogP contribution in [0.2, 0.25) is 0 Å². The molecule has 0 saturated heterocycles. The molecule has 2 amide bonds. The van der Waals surface area contributed by atoms with Gasteiger partial charge in [0.2, 0.25) is 0 Å². The van der Waals surface area contributed by atoms with Gasteiger partial charge in [-0.25, -0.2) is 9.59 Å². The second-order valence-corrected chi connectivity index (χ2v) is 5.60. The summed E-state index contributed by atoms with van der Waals surface area (Å²) in [6.07, 6.45) is -5.28. The van der Waals surface area contributed by atoms with Crippen LogP contribution in [0.25, 0.3) is 0 Å². The van der Waals surface area contributed by atoms with Crippen LogP contribution in [0.15, 0.2) is 54.6 Å². The van der Waals surface area contributed by atoms with Crippen molar-refractivity contribution < 1.29 is 32.6 Å². The summed E-state index contributed by atoms with van der Waals surface area (Å²) in [5.41, 5.74) is -3.72. The lowest BCUT2D eigenvalue weighted by Gasteiger charge is -2.28. The first-order valence-corrected chi connectivity index (χ1v) is 7.69. The number of ether oxygens (including phenoxy) is 1. The summed E-state index contributed by atoms with van der Waals surface area (Å²) in [5, 5.41) is 12.5. The first-order valence-electron chi connectivity index (χ1n) is 7.69. The number of hydrogen-bond donors (Lipinski definition) is 2. The Morgan fingerprint density at radius 1 is 1.04 bits per heavy atom. The van der Waals surface area contributed by atoms with Gasteiger partial charge in [0.1, 0.15) is 0 Å². The van der Waals surface area contributed by atoms with E-state index in [-0.39, 0.29) is 5.69 Å². The lowest BCUT2D eigenvalue weighted by atomic mass is 9.93. The van der Waals surface area contributed by atoms with E-state index in [1.807, 2.05) is 0 Å². The van der Waals surface area contributed by atoms with Crippen LogP contribution in [0.4, 0.5) is 29.3 Å². The number of esters is 1. The Balaban J connectivity index is 2.25. The molecule has 2 N–H and O–H groups in total. The summed E-state index contributed by atoms with van der Waals surface area (Å²) in [6.45, 7) is 0. The second-order valence-electron chi connectivity index (χ2n) is 5.60. The number of amides is 2. The minimum atomic E-state index is -5.28. The van der Waals surface area contributed by atoms with Crippen LogP contribution >= 0.6 is 0 Å². The standard InChI is InChI=1S/C18H17F3N2O4/c1-23(16(25)22-13-6-4-3-5-7-13)14-10-8-12(9-11-14)17(26,15(24)27-2)18(19,20)21/h3-11,26H,1-2H3,(H,22,25). The minimum Gasteiger partial charge on any atom is -0.466 e. The number of benzene rings is 2. The van der Waals surface area contributed by atoms with Gasteiger partial charge in [0.25, 0.3) is 5.60 Å². The van der Waals surface area contributed by atoms with Gasteiger partial charge in [-0.05, 0) is 24.3 Å². The van der Waals surface area contributed by atoms with E-state index in [4.69, 9.17) is 0 Å². The van der Waals surface area contributed by atoms with Crippen molar-refractivity contribution in [1.82, 2.24) is 0 Å². The molecular formula is C18H17F3N2O4. The molecule has 6 nitrogen and oxygen atoms in total. The maximum absolute atomic E-state index is 13.2. The van der Waals surface area contributed by atoms with E-state index in [0.29, 0.717) is 5.69 Å². The molecule has 0 saturated carbocycles. The van der Waals surface area contributed by atoms with Crippen LogP contribution in [-0.4, -0.2) is 37.4 Å². The Hall–Kier alpha value is -3.07. The number of methoxy groups -OCH3 is 1. The monoisotopic (exact) mass is 382 g/mol. The lowest BCUT2D eigenvalue weighted by molar-refractivity contribution is -0.266. The van der Waals surface area contributed by atoms with Crippen LogP contribution in [0.3, 0.4) is 0 Å². The van der Waals surface area contributed by atoms with E-state index < -0.39 is 29.3 Å². The summed E-state index contributed by atoms with van der Waals surface area (Å²) < 4.78 is 43.8. The Morgan fingerprint density at radius 3 is 2.07 bits per heavy atom. The van der Waals surface area contributed by atoms with Gasteiger partial charge >= 0.3 is 18.2 Å². The third-order valence-corrected chi connectivity index (χ3v) is 3.89. The second kappa shape index (κ2) is 7.67. The van der Waals surface area contributed by atoms with Gasteiger partial charge in [0.05, 0.1) is 7.11 Å². The number of carbonyl (C=O) groups excluding carboxylic acids is 2. The van der Waals surface area contributed by atoms with Crippen molar-refractivity contribution in [3.05, 3.63) is 60.2 Å². The van der Waals surface area contributed by atoms with Gasteiger partial charge < -0.3 is 15.2 Å². The molecule has 9 heteroatoms. The first kappa shape index (κ1) is 20.2. The zero-order valence-electron chi connectivity index (χ0n) is 14.4. The highest BCUT2D eigenvalue weighted by Crippen LogP contribution is 2.40. The highest BCUT2D eigenvalue weighted by atomic mass is 19.4. The number of urea groups is 1. The molecule has 2 aromatic carbocycles. The van der Waals surface area contributed by atoms with E-state index >= 15 is 0 Å². The molecule has 0 aliphatic carbocycles. The first-order chi connectivity index (χ1) is 12.6. The normalized spacial score (nSPS) is 13.4. The SMILES string of the molecule is COC(=O)C(O)(c1ccc(N(C)C(=O)Nc2ccccc2)cc1)C(F)(F)F. The fourth-order valence-corrected chi connectivity index (χ4v) is 2.32. The maximum atomic E-state index is 13.2. The summed E-state index contributed by atoms with van der Waals surface area (Å²) in [7, 11) is 2.17. The third-order valence-electron chi connectivity index (χ3n) is 3.89. The molecule has 0 aromatic heterocycles. The topological polar surface area (TPSA) is 78.9 Å². The molecule has 2 aromatic rings. The number of hydrogen-bond acceptors (Lipinski definition) is 4. The highest BCUT2D eigenvalue weighted by Gasteiger charge is 2.62. The van der Waals surface area contributed by atoms with Crippen molar-refractivity contribution >= 4 is 23.4 Å². The molecule has 0 radical (unpaired) electrons. The average Bonchev–Trinajstić information content (AvgIpc) is 2.66. The smallest absolute Gasteiger partial charge is 0.432 e. The summed E-state index contributed by atoms with van der Waals surface area (Å²) in [4.78, 5) is 24.9. The summed E-state index contributed by atoms with van der Waals surface area (Å²) in [6, 6.07) is 12.2. The Bertz CT molecular complexity index is 810. The minimum absolute atomic E-state index is 0.251. The Morgan fingerprint density at radius 2 is 1.59 bits per heavy atom. The summed E-state index contributed by atoms with van der Waals surface area (Å²) >= 11 is 0. The van der Waals surface area contributed by atoms with Gasteiger partial charge in [-0.2, -0.15) is 13.2 Å². The predicted molar refractivity (Wildman–Crippen MR) is 92.3 cm³/mol. The number of halogens is 3. The van der Waals surface area contributed by atoms with Crippen molar-refractivity contribution in [3.8, 4) is 0 Å². The van der Waals surface area contributed by atoms with Crippen molar-refractivity contribution in [2.45, 2.75) is 11.8 Å². The van der Waals surface area contributed by atoms with Gasteiger partial charge in [-0.15, -0.1) is 0 Å². The molecule has 27 heavy (non-hydrogen) atoms. The van der Waals surface area contributed by atoms with Crippen LogP contribution < -0.4 is 10.2 Å². The van der Waals surface area contributed by atoms with Gasteiger partial charge in [0.15, 0.2) is 0 Å². The molecule has 0 spiro atoms. The molecular weight excluding hydrogens is 365 g/mol. The zero-order valence-corrected chi connectivity index (χ0v) is 14.4. The molecule has 0 bridgehead atoms. The number of alkyl halides is 3. The largest absolute Gasteiger partial charge is 0.466 e. The van der Waals surface area contributed by atoms with E-state index in [9.17, 15) is 27.9 Å². The van der Waals surface area contributed by atoms with E-state index in [0.717, 1.165) is 19.2 Å². The number of para-hydroxylation sites is 1. The predicted octanol–water partition coefficient (Wildman–Crippen LogP) is 3.28. The molecule has 2 rings (SSSR count). The summed E-state index contributed by atoms with van der Waals surface area (Å²) in [5.74, 6) is -1.85. The molecule has 144 valence electrons. The van der Waals surface area contributed by atoms with E-state index in [1.165, 1.54) is 24.1 Å². The van der Waals surface area contributed by atoms with Crippen LogP contribution in [0.1, 0.15) is 5.56 Å². The van der Waals surface area contributed by atoms with Crippen LogP contribution in [0.5, 0.6) is 0 Å². The third kappa shape index (κ3) is 4.03. The van der Waals surface area contributed by atoms with Crippen LogP contribution in [-0.2, 0) is 15.1 Å². The quantitative estimate of drug-likeness (QED) is 0.796. The fraction of sp³-hybridized carbons (Fsp3) is 0.222. The Kier molecular flexibility index (Phi) is 5.75. The Labute approximate surface area is 153 Å². The van der Waals surface area contributed by atoms with Crippen molar-refractivity contribution in [1.29, 1.82) is 0 Å². The number of nitrogens with zero attached hydrogens (tertiary/aromatic N) is 1. The molecule has 1 atom stereocenters. The van der Waals surface area contributed by atoms with E-state index in [1.54, 1.807) is 30.3 Å². The van der Waals surface area contributed by atoms with Crippen molar-refractivity contribution in [2.24, 2.45) is 0 Å². The van der Waals surface area contributed by atoms with Gasteiger partial charge in [-0.3, -0.25) is 4.90 Å². The van der Waals surface area contributed by atoms with E-state index in [2.05, 4.69) is 10.1 Å². The lowest BCUT2D eigenvalue weighted by Crippen LogP contribution is -2.49. The van der Waals surface area contributed by atoms with Crippen molar-refractivity contribution in [2.75, 3.05) is 24.4 Å². The number of nitrogens with one attached hydrogen (secondary N) is 1.